The fourth-order valence-corrected chi connectivity index (χ4v) is 1.37. The van der Waals surface area contributed by atoms with Crippen molar-refractivity contribution >= 4 is 5.69 Å². The van der Waals surface area contributed by atoms with Gasteiger partial charge in [-0.2, -0.15) is 5.26 Å². The number of nitrogens with two attached hydrogens (primary N) is 1. The Bertz CT molecular complexity index is 543. The predicted molar refractivity (Wildman–Crippen MR) is 64.5 cm³/mol. The molecule has 0 bridgehead atoms. The van der Waals surface area contributed by atoms with Gasteiger partial charge in [-0.3, -0.25) is 0 Å². The van der Waals surface area contributed by atoms with Gasteiger partial charge < -0.3 is 10.5 Å². The van der Waals surface area contributed by atoms with E-state index in [4.69, 9.17) is 15.7 Å². The van der Waals surface area contributed by atoms with E-state index in [2.05, 4.69) is 11.1 Å². The zero-order chi connectivity index (χ0) is 12.1. The number of aromatic nitrogens is 1. The minimum Gasteiger partial charge on any atom is -0.437 e. The lowest BCUT2D eigenvalue weighted by Crippen LogP contribution is -1.94. The molecule has 17 heavy (non-hydrogen) atoms. The van der Waals surface area contributed by atoms with Crippen molar-refractivity contribution in [2.45, 2.75) is 6.42 Å². The van der Waals surface area contributed by atoms with Crippen molar-refractivity contribution in [2.75, 3.05) is 5.73 Å². The lowest BCUT2D eigenvalue weighted by molar-refractivity contribution is 0.465. The summed E-state index contributed by atoms with van der Waals surface area (Å²) in [6, 6.07) is 12.8. The molecule has 0 fully saturated rings. The van der Waals surface area contributed by atoms with Gasteiger partial charge in [-0.1, -0.05) is 12.1 Å². The fourth-order valence-electron chi connectivity index (χ4n) is 1.37. The number of rotatable bonds is 3. The van der Waals surface area contributed by atoms with Crippen LogP contribution in [0.4, 0.5) is 5.69 Å². The largest absolute Gasteiger partial charge is 0.437 e. The van der Waals surface area contributed by atoms with Gasteiger partial charge in [-0.15, -0.1) is 0 Å². The highest BCUT2D eigenvalue weighted by Gasteiger charge is 2.02. The van der Waals surface area contributed by atoms with Crippen LogP contribution in [0.3, 0.4) is 0 Å². The molecule has 0 saturated heterocycles. The summed E-state index contributed by atoms with van der Waals surface area (Å²) in [6.07, 6.45) is 2.02. The van der Waals surface area contributed by atoms with E-state index in [-0.39, 0.29) is 0 Å². The number of hydrogen-bond acceptors (Lipinski definition) is 4. The Labute approximate surface area is 99.3 Å². The standard InChI is InChI=1S/C13H11N3O/c14-8-7-10-3-5-11(6-4-10)17-13-12(15)2-1-9-16-13/h1-6,9H,7,15H2. The second-order valence-corrected chi connectivity index (χ2v) is 3.48. The molecular formula is C13H11N3O. The summed E-state index contributed by atoms with van der Waals surface area (Å²) >= 11 is 0. The molecule has 0 unspecified atom stereocenters. The first-order chi connectivity index (χ1) is 8.29. The van der Waals surface area contributed by atoms with Crippen LogP contribution < -0.4 is 10.5 Å². The smallest absolute Gasteiger partial charge is 0.242 e. The number of nitrogen functional groups attached to an aromatic ring is 1. The van der Waals surface area contributed by atoms with Crippen LogP contribution in [0, 0.1) is 11.3 Å². The van der Waals surface area contributed by atoms with E-state index in [0.29, 0.717) is 23.7 Å². The number of benzene rings is 1. The third-order valence-electron chi connectivity index (χ3n) is 2.22. The lowest BCUT2D eigenvalue weighted by atomic mass is 10.2. The van der Waals surface area contributed by atoms with Gasteiger partial charge >= 0.3 is 0 Å². The average Bonchev–Trinajstić information content (AvgIpc) is 2.35. The highest BCUT2D eigenvalue weighted by molar-refractivity contribution is 5.48. The van der Waals surface area contributed by atoms with Crippen LogP contribution in [0.1, 0.15) is 5.56 Å². The minimum absolute atomic E-state index is 0.389. The molecule has 84 valence electrons. The van der Waals surface area contributed by atoms with Gasteiger partial charge in [0, 0.05) is 6.20 Å². The van der Waals surface area contributed by atoms with Gasteiger partial charge in [-0.05, 0) is 29.8 Å². The van der Waals surface area contributed by atoms with Crippen LogP contribution >= 0.6 is 0 Å². The molecule has 1 aromatic carbocycles. The van der Waals surface area contributed by atoms with Crippen LogP contribution in [-0.2, 0) is 6.42 Å². The monoisotopic (exact) mass is 225 g/mol. The fraction of sp³-hybridized carbons (Fsp3) is 0.0769. The predicted octanol–water partition coefficient (Wildman–Crippen LogP) is 2.52. The molecule has 2 aromatic rings. The highest BCUT2D eigenvalue weighted by Crippen LogP contribution is 2.24. The molecule has 2 N–H and O–H groups in total. The van der Waals surface area contributed by atoms with Crippen molar-refractivity contribution in [3.63, 3.8) is 0 Å². The quantitative estimate of drug-likeness (QED) is 0.871. The third kappa shape index (κ3) is 2.73. The Morgan fingerprint density at radius 1 is 1.24 bits per heavy atom. The molecule has 4 nitrogen and oxygen atoms in total. The molecule has 0 spiro atoms. The molecular weight excluding hydrogens is 214 g/mol. The first-order valence-electron chi connectivity index (χ1n) is 5.14. The number of nitrogens with zero attached hydrogens (tertiary/aromatic N) is 2. The summed E-state index contributed by atoms with van der Waals surface area (Å²) < 4.78 is 5.52. The van der Waals surface area contributed by atoms with Crippen molar-refractivity contribution in [3.05, 3.63) is 48.2 Å². The normalized spacial score (nSPS) is 9.59. The average molecular weight is 225 g/mol. The molecule has 4 heteroatoms. The van der Waals surface area contributed by atoms with E-state index in [1.54, 1.807) is 30.5 Å². The Hall–Kier alpha value is -2.54. The van der Waals surface area contributed by atoms with Gasteiger partial charge in [-0.25, -0.2) is 4.98 Å². The SMILES string of the molecule is N#CCc1ccc(Oc2ncccc2N)cc1. The molecule has 1 aromatic heterocycles. The van der Waals surface area contributed by atoms with Gasteiger partial charge in [0.25, 0.3) is 0 Å². The van der Waals surface area contributed by atoms with E-state index < -0.39 is 0 Å². The van der Waals surface area contributed by atoms with E-state index in [1.165, 1.54) is 0 Å². The number of nitriles is 1. The highest BCUT2D eigenvalue weighted by atomic mass is 16.5. The Kier molecular flexibility index (Phi) is 3.22. The summed E-state index contributed by atoms with van der Waals surface area (Å²) in [6.45, 7) is 0. The van der Waals surface area contributed by atoms with Gasteiger partial charge in [0.15, 0.2) is 0 Å². The van der Waals surface area contributed by atoms with Crippen LogP contribution in [-0.4, -0.2) is 4.98 Å². The minimum atomic E-state index is 0.389. The van der Waals surface area contributed by atoms with Crippen LogP contribution in [0.2, 0.25) is 0 Å². The maximum absolute atomic E-state index is 8.55. The zero-order valence-corrected chi connectivity index (χ0v) is 9.13. The third-order valence-corrected chi connectivity index (χ3v) is 2.22. The number of pyridine rings is 1. The summed E-state index contributed by atoms with van der Waals surface area (Å²) in [7, 11) is 0. The molecule has 0 aliphatic heterocycles. The van der Waals surface area contributed by atoms with Gasteiger partial charge in [0.05, 0.1) is 18.2 Å². The maximum Gasteiger partial charge on any atom is 0.242 e. The van der Waals surface area contributed by atoms with Crippen LogP contribution in [0.5, 0.6) is 11.6 Å². The topological polar surface area (TPSA) is 71.9 Å². The Morgan fingerprint density at radius 2 is 2.00 bits per heavy atom. The summed E-state index contributed by atoms with van der Waals surface area (Å²) in [5.74, 6) is 1.04. The molecule has 0 aliphatic rings. The molecule has 0 aliphatic carbocycles. The van der Waals surface area contributed by atoms with Crippen molar-refractivity contribution in [2.24, 2.45) is 0 Å². The van der Waals surface area contributed by atoms with Crippen molar-refractivity contribution in [1.82, 2.24) is 4.98 Å². The van der Waals surface area contributed by atoms with Crippen molar-refractivity contribution < 1.29 is 4.74 Å². The second kappa shape index (κ2) is 4.99. The van der Waals surface area contributed by atoms with E-state index >= 15 is 0 Å². The summed E-state index contributed by atoms with van der Waals surface area (Å²) in [4.78, 5) is 4.03. The van der Waals surface area contributed by atoms with Gasteiger partial charge in [0.1, 0.15) is 5.75 Å². The van der Waals surface area contributed by atoms with E-state index in [0.717, 1.165) is 5.56 Å². The van der Waals surface area contributed by atoms with Gasteiger partial charge in [0.2, 0.25) is 5.88 Å². The van der Waals surface area contributed by atoms with Crippen LogP contribution in [0.25, 0.3) is 0 Å². The van der Waals surface area contributed by atoms with Crippen molar-refractivity contribution in [3.8, 4) is 17.7 Å². The Balaban J connectivity index is 2.15. The first-order valence-corrected chi connectivity index (χ1v) is 5.14. The number of anilines is 1. The Morgan fingerprint density at radius 3 is 2.65 bits per heavy atom. The maximum atomic E-state index is 8.55. The number of ether oxygens (including phenoxy) is 1. The second-order valence-electron chi connectivity index (χ2n) is 3.48. The summed E-state index contributed by atoms with van der Waals surface area (Å²) in [5.41, 5.74) is 7.16. The van der Waals surface area contributed by atoms with Crippen LogP contribution in [0.15, 0.2) is 42.6 Å². The lowest BCUT2D eigenvalue weighted by Gasteiger charge is -2.06. The molecule has 0 amide bonds. The molecule has 0 radical (unpaired) electrons. The van der Waals surface area contributed by atoms with Crippen molar-refractivity contribution in [1.29, 1.82) is 5.26 Å². The summed E-state index contributed by atoms with van der Waals surface area (Å²) in [5, 5.41) is 8.55. The number of hydrogen-bond donors (Lipinski definition) is 1. The molecule has 0 atom stereocenters. The van der Waals surface area contributed by atoms with E-state index in [9.17, 15) is 0 Å². The molecule has 1 heterocycles. The zero-order valence-electron chi connectivity index (χ0n) is 9.13. The van der Waals surface area contributed by atoms with E-state index in [1.807, 2.05) is 12.1 Å². The molecule has 2 rings (SSSR count). The molecule has 0 saturated carbocycles. The first kappa shape index (κ1) is 11.0.